The van der Waals surface area contributed by atoms with Gasteiger partial charge in [-0.05, 0) is 102 Å². The molecule has 0 spiro atoms. The highest BCUT2D eigenvalue weighted by molar-refractivity contribution is 6.09. The summed E-state index contributed by atoms with van der Waals surface area (Å²) in [6.07, 6.45) is 1.04. The Morgan fingerprint density at radius 3 is 2.13 bits per heavy atom. The van der Waals surface area contributed by atoms with Crippen molar-refractivity contribution in [2.45, 2.75) is 59.7 Å². The third-order valence-electron chi connectivity index (χ3n) is 6.73. The quantitative estimate of drug-likeness (QED) is 0.147. The van der Waals surface area contributed by atoms with Gasteiger partial charge in [0.05, 0.1) is 34.8 Å². The van der Waals surface area contributed by atoms with Crippen LogP contribution in [0.25, 0.3) is 38.8 Å². The molecule has 0 aliphatic carbocycles. The molecule has 238 valence electrons. The van der Waals surface area contributed by atoms with E-state index in [0.717, 1.165) is 4.90 Å². The Hall–Kier alpha value is -5.39. The minimum absolute atomic E-state index is 0.0624. The highest BCUT2D eigenvalue weighted by Crippen LogP contribution is 2.34. The topological polar surface area (TPSA) is 126 Å². The fourth-order valence-electron chi connectivity index (χ4n) is 4.96. The van der Waals surface area contributed by atoms with Crippen LogP contribution in [0.1, 0.15) is 57.7 Å². The zero-order chi connectivity index (χ0) is 33.6. The fourth-order valence-corrected chi connectivity index (χ4v) is 4.96. The van der Waals surface area contributed by atoms with Crippen molar-refractivity contribution < 1.29 is 33.0 Å². The van der Waals surface area contributed by atoms with Gasteiger partial charge in [-0.15, -0.1) is 0 Å². The van der Waals surface area contributed by atoms with Crippen LogP contribution in [-0.2, 0) is 14.2 Å². The van der Waals surface area contributed by atoms with Crippen molar-refractivity contribution in [3.8, 4) is 16.8 Å². The maximum Gasteiger partial charge on any atom is 0.425 e. The third-order valence-corrected chi connectivity index (χ3v) is 6.73. The van der Waals surface area contributed by atoms with E-state index in [4.69, 9.17) is 14.2 Å². The number of carbonyl (C=O) groups is 3. The van der Waals surface area contributed by atoms with Crippen LogP contribution in [0.2, 0.25) is 0 Å². The van der Waals surface area contributed by atoms with Crippen LogP contribution in [0.15, 0.2) is 60.9 Å². The number of halogens is 1. The molecule has 3 aromatic heterocycles. The van der Waals surface area contributed by atoms with Gasteiger partial charge in [-0.25, -0.2) is 28.7 Å². The molecule has 12 heteroatoms. The summed E-state index contributed by atoms with van der Waals surface area (Å²) in [6, 6.07) is 12.9. The molecule has 5 rings (SSSR count). The fraction of sp³-hybridized carbons (Fsp3) is 0.294. The van der Waals surface area contributed by atoms with E-state index in [1.165, 1.54) is 25.4 Å². The van der Waals surface area contributed by atoms with Gasteiger partial charge in [-0.3, -0.25) is 9.55 Å². The number of imide groups is 1. The Labute approximate surface area is 264 Å². The lowest BCUT2D eigenvalue weighted by atomic mass is 10.0. The van der Waals surface area contributed by atoms with Crippen LogP contribution in [0.5, 0.6) is 0 Å². The Morgan fingerprint density at radius 1 is 0.848 bits per heavy atom. The van der Waals surface area contributed by atoms with Gasteiger partial charge >= 0.3 is 18.2 Å². The lowest BCUT2D eigenvalue weighted by Crippen LogP contribution is -2.44. The summed E-state index contributed by atoms with van der Waals surface area (Å²) < 4.78 is 33.1. The summed E-state index contributed by atoms with van der Waals surface area (Å²) in [6.45, 7) is 11.8. The summed E-state index contributed by atoms with van der Waals surface area (Å²) in [4.78, 5) is 53.6. The van der Waals surface area contributed by atoms with E-state index in [1.54, 1.807) is 95.6 Å². The Balaban J connectivity index is 1.73. The number of anilines is 1. The number of amides is 2. The Kier molecular flexibility index (Phi) is 8.24. The first-order valence-corrected chi connectivity index (χ1v) is 14.5. The lowest BCUT2D eigenvalue weighted by Gasteiger charge is -2.28. The van der Waals surface area contributed by atoms with Gasteiger partial charge in [0.1, 0.15) is 34.2 Å². The zero-order valence-electron chi connectivity index (χ0n) is 26.8. The van der Waals surface area contributed by atoms with E-state index < -0.39 is 35.2 Å². The van der Waals surface area contributed by atoms with Gasteiger partial charge < -0.3 is 14.2 Å². The molecule has 0 bridgehead atoms. The van der Waals surface area contributed by atoms with Crippen LogP contribution >= 0.6 is 0 Å². The Morgan fingerprint density at radius 2 is 1.50 bits per heavy atom. The number of hydrogen-bond donors (Lipinski definition) is 0. The monoisotopic (exact) mass is 627 g/mol. The van der Waals surface area contributed by atoms with Crippen molar-refractivity contribution in [1.29, 1.82) is 0 Å². The largest absolute Gasteiger partial charge is 0.465 e. The lowest BCUT2D eigenvalue weighted by molar-refractivity contribution is 0.0428. The average Bonchev–Trinajstić information content (AvgIpc) is 3.29. The smallest absolute Gasteiger partial charge is 0.425 e. The first-order chi connectivity index (χ1) is 21.6. The normalized spacial score (nSPS) is 11.8. The number of rotatable bonds is 4. The summed E-state index contributed by atoms with van der Waals surface area (Å²) >= 11 is 0. The molecule has 0 radical (unpaired) electrons. The second kappa shape index (κ2) is 11.8. The molecular weight excluding hydrogens is 593 g/mol. The summed E-state index contributed by atoms with van der Waals surface area (Å²) in [7, 11) is 1.26. The number of pyridine rings is 2. The first kappa shape index (κ1) is 32.0. The van der Waals surface area contributed by atoms with Crippen LogP contribution in [0, 0.1) is 12.7 Å². The van der Waals surface area contributed by atoms with Crippen LogP contribution in [-0.4, -0.2) is 56.0 Å². The molecule has 0 saturated carbocycles. The van der Waals surface area contributed by atoms with E-state index >= 15 is 4.39 Å². The summed E-state index contributed by atoms with van der Waals surface area (Å²) in [5.41, 5.74) is 1.08. The molecule has 0 atom stereocenters. The molecule has 5 aromatic rings. The maximum absolute atomic E-state index is 15.2. The van der Waals surface area contributed by atoms with E-state index in [9.17, 15) is 14.4 Å². The number of nitrogens with zero attached hydrogens (tertiary/aromatic N) is 5. The van der Waals surface area contributed by atoms with Gasteiger partial charge in [0.2, 0.25) is 0 Å². The molecule has 0 unspecified atom stereocenters. The van der Waals surface area contributed by atoms with E-state index in [-0.39, 0.29) is 16.8 Å². The number of carbonyl (C=O) groups excluding carboxylic acids is 3. The molecule has 3 heterocycles. The first-order valence-electron chi connectivity index (χ1n) is 14.5. The minimum Gasteiger partial charge on any atom is -0.465 e. The highest BCUT2D eigenvalue weighted by atomic mass is 19.1. The molecule has 2 aromatic carbocycles. The third kappa shape index (κ3) is 6.37. The number of methoxy groups -OCH3 is 1. The molecule has 0 aliphatic rings. The van der Waals surface area contributed by atoms with E-state index in [2.05, 4.69) is 15.0 Å². The number of aryl methyl sites for hydroxylation is 1. The molecule has 0 saturated heterocycles. The molecule has 11 nitrogen and oxygen atoms in total. The number of aromatic nitrogens is 4. The maximum atomic E-state index is 15.2. The van der Waals surface area contributed by atoms with Gasteiger partial charge in [-0.2, -0.15) is 4.90 Å². The number of fused-ring (bicyclic) bond motifs is 2. The molecule has 2 amide bonds. The minimum atomic E-state index is -0.975. The van der Waals surface area contributed by atoms with Crippen LogP contribution < -0.4 is 4.90 Å². The van der Waals surface area contributed by atoms with Crippen molar-refractivity contribution in [2.75, 3.05) is 12.0 Å². The van der Waals surface area contributed by atoms with Gasteiger partial charge in [0.25, 0.3) is 0 Å². The highest BCUT2D eigenvalue weighted by Gasteiger charge is 2.34. The standard InChI is InChI=1S/C34H34FN5O6/c1-19-38-29-22(30(41)44-8)16-21(17-26(29)39(19)25-13-15-36-24-11-9-10-23(35)28(24)25)20-12-14-37-27(18-20)40(31(42)45-33(2,3)4)32(43)46-34(5,6)7/h9-18H,1-8H3. The SMILES string of the molecule is COC(=O)c1cc(-c2ccnc(N(C(=O)OC(C)(C)C)C(=O)OC(C)(C)C)c2)cc2c1nc(C)n2-c1ccnc2cccc(F)c12. The second-order valence-electron chi connectivity index (χ2n) is 12.5. The van der Waals surface area contributed by atoms with E-state index in [1.807, 2.05) is 0 Å². The zero-order valence-corrected chi connectivity index (χ0v) is 26.8. The molecule has 0 fully saturated rings. The van der Waals surface area contributed by atoms with Gasteiger partial charge in [0, 0.05) is 12.4 Å². The number of ether oxygens (including phenoxy) is 3. The van der Waals surface area contributed by atoms with Crippen molar-refractivity contribution in [2.24, 2.45) is 0 Å². The predicted molar refractivity (Wildman–Crippen MR) is 171 cm³/mol. The van der Waals surface area contributed by atoms with Crippen LogP contribution in [0.3, 0.4) is 0 Å². The van der Waals surface area contributed by atoms with Crippen molar-refractivity contribution in [3.63, 3.8) is 0 Å². The van der Waals surface area contributed by atoms with Crippen LogP contribution in [0.4, 0.5) is 19.8 Å². The molecule has 0 N–H and O–H groups in total. The predicted octanol–water partition coefficient (Wildman–Crippen LogP) is 7.55. The van der Waals surface area contributed by atoms with E-state index in [0.29, 0.717) is 39.2 Å². The Bertz CT molecular complexity index is 1970. The number of esters is 1. The second-order valence-corrected chi connectivity index (χ2v) is 12.5. The molecule has 0 aliphatic heterocycles. The average molecular weight is 628 g/mol. The van der Waals surface area contributed by atoms with Gasteiger partial charge in [-0.1, -0.05) is 6.07 Å². The number of imidazole rings is 1. The van der Waals surface area contributed by atoms with Crippen molar-refractivity contribution in [3.05, 3.63) is 78.1 Å². The van der Waals surface area contributed by atoms with Crippen molar-refractivity contribution >= 4 is 45.9 Å². The number of hydrogen-bond acceptors (Lipinski definition) is 9. The van der Waals surface area contributed by atoms with Crippen molar-refractivity contribution in [1.82, 2.24) is 19.5 Å². The number of benzene rings is 2. The molecule has 46 heavy (non-hydrogen) atoms. The van der Waals surface area contributed by atoms with Gasteiger partial charge in [0.15, 0.2) is 0 Å². The summed E-state index contributed by atoms with van der Waals surface area (Å²) in [5.74, 6) is -0.674. The summed E-state index contributed by atoms with van der Waals surface area (Å²) in [5, 5.41) is 0.286. The molecular formula is C34H34FN5O6.